The van der Waals surface area contributed by atoms with Crippen LogP contribution in [0.25, 0.3) is 5.57 Å². The molecule has 4 aromatic rings. The van der Waals surface area contributed by atoms with Gasteiger partial charge in [0.1, 0.15) is 11.4 Å². The van der Waals surface area contributed by atoms with Crippen LogP contribution in [0, 0.1) is 0 Å². The summed E-state index contributed by atoms with van der Waals surface area (Å²) in [6.07, 6.45) is 7.58. The van der Waals surface area contributed by atoms with Gasteiger partial charge in [0.2, 0.25) is 0 Å². The standard InChI is InChI=1S/C37H36N2O9S3/c1-3-38(25-30-9-5-7-11-35(30)50(43,44)45)32-19-13-27(14-20-32)37(29-17-23-34(24-18-29)49(40,41)42)28-15-21-33(22-16-28)39(4-2)26-31-10-6-8-12-36(31)51(46,47)48/h5-24H,3-4,25-26H2,1-2H3,(H2-,40,41,42,43,44,45,46,47,48)/p+1. The summed E-state index contributed by atoms with van der Waals surface area (Å²) in [7, 11) is -13.2. The first kappa shape index (κ1) is 37.6. The molecular formula is C37H37N2O9S3+. The molecule has 5 rings (SSSR count). The second kappa shape index (κ2) is 15.3. The molecule has 0 heterocycles. The number of benzene rings is 4. The molecule has 0 spiro atoms. The molecule has 0 aromatic heterocycles. The van der Waals surface area contributed by atoms with Crippen molar-refractivity contribution in [2.24, 2.45) is 0 Å². The third-order valence-corrected chi connectivity index (χ3v) is 11.2. The van der Waals surface area contributed by atoms with E-state index in [1.165, 1.54) is 24.3 Å². The first-order chi connectivity index (χ1) is 24.1. The lowest BCUT2D eigenvalue weighted by atomic mass is 9.90. The predicted molar refractivity (Wildman–Crippen MR) is 196 cm³/mol. The number of anilines is 1. The van der Waals surface area contributed by atoms with Crippen LogP contribution in [0.3, 0.4) is 0 Å². The summed E-state index contributed by atoms with van der Waals surface area (Å²) in [5.74, 6) is 0. The second-order valence-electron chi connectivity index (χ2n) is 11.7. The van der Waals surface area contributed by atoms with Crippen LogP contribution in [0.4, 0.5) is 5.69 Å². The summed E-state index contributed by atoms with van der Waals surface area (Å²) < 4.78 is 102. The molecule has 1 aliphatic rings. The van der Waals surface area contributed by atoms with Gasteiger partial charge in [0, 0.05) is 36.5 Å². The van der Waals surface area contributed by atoms with Crippen molar-refractivity contribution in [3.8, 4) is 0 Å². The maximum atomic E-state index is 12.0. The Morgan fingerprint density at radius 2 is 1.10 bits per heavy atom. The van der Waals surface area contributed by atoms with Crippen molar-refractivity contribution in [2.45, 2.75) is 41.6 Å². The zero-order valence-corrected chi connectivity index (χ0v) is 30.2. The van der Waals surface area contributed by atoms with Gasteiger partial charge in [-0.25, -0.2) is 4.58 Å². The Labute approximate surface area is 298 Å². The lowest BCUT2D eigenvalue weighted by Gasteiger charge is -2.25. The SMILES string of the molecule is CCN(Cc1ccccc1S(=O)(=O)O)c1ccc(C(=C2C=CC(=[N+](CC)Cc3ccccc3S(=O)(=O)O)C=C2)c2ccc(S(=O)(=O)O)cc2)cc1. The normalized spacial score (nSPS) is 13.4. The molecule has 0 amide bonds. The predicted octanol–water partition coefficient (Wildman–Crippen LogP) is 6.05. The first-order valence-electron chi connectivity index (χ1n) is 15.9. The lowest BCUT2D eigenvalue weighted by molar-refractivity contribution is -0.539. The fraction of sp³-hybridized carbons (Fsp3) is 0.162. The van der Waals surface area contributed by atoms with Gasteiger partial charge in [-0.3, -0.25) is 13.7 Å². The van der Waals surface area contributed by atoms with Gasteiger partial charge in [0.25, 0.3) is 30.4 Å². The van der Waals surface area contributed by atoms with Crippen molar-refractivity contribution in [1.82, 2.24) is 0 Å². The van der Waals surface area contributed by atoms with Crippen molar-refractivity contribution in [2.75, 3.05) is 18.0 Å². The van der Waals surface area contributed by atoms with Crippen molar-refractivity contribution >= 4 is 47.3 Å². The van der Waals surface area contributed by atoms with Crippen molar-refractivity contribution in [3.63, 3.8) is 0 Å². The zero-order chi connectivity index (χ0) is 37.0. The van der Waals surface area contributed by atoms with E-state index in [-0.39, 0.29) is 27.8 Å². The van der Waals surface area contributed by atoms with Crippen molar-refractivity contribution in [3.05, 3.63) is 149 Å². The molecule has 0 saturated heterocycles. The molecule has 0 radical (unpaired) electrons. The van der Waals surface area contributed by atoms with E-state index < -0.39 is 30.4 Å². The van der Waals surface area contributed by atoms with Crippen LogP contribution in [0.2, 0.25) is 0 Å². The molecule has 3 N–H and O–H groups in total. The summed E-state index contributed by atoms with van der Waals surface area (Å²) in [6.45, 7) is 5.39. The van der Waals surface area contributed by atoms with E-state index in [0.717, 1.165) is 28.1 Å². The fourth-order valence-corrected chi connectivity index (χ4v) is 7.84. The number of rotatable bonds is 12. The Hall–Kier alpha value is -4.70. The Balaban J connectivity index is 1.54. The van der Waals surface area contributed by atoms with E-state index >= 15 is 0 Å². The molecule has 0 bridgehead atoms. The highest BCUT2D eigenvalue weighted by Gasteiger charge is 2.22. The number of allylic oxidation sites excluding steroid dienone is 5. The Bertz CT molecular complexity index is 2380. The van der Waals surface area contributed by atoms with Gasteiger partial charge in [-0.15, -0.1) is 0 Å². The van der Waals surface area contributed by atoms with Crippen LogP contribution >= 0.6 is 0 Å². The molecule has 11 nitrogen and oxygen atoms in total. The summed E-state index contributed by atoms with van der Waals surface area (Å²) >= 11 is 0. The topological polar surface area (TPSA) is 169 Å². The van der Waals surface area contributed by atoms with E-state index in [2.05, 4.69) is 0 Å². The summed E-state index contributed by atoms with van der Waals surface area (Å²) in [5, 5.41) is 0. The molecule has 4 aromatic carbocycles. The highest BCUT2D eigenvalue weighted by atomic mass is 32.2. The minimum absolute atomic E-state index is 0.156. The number of hydrogen-bond donors (Lipinski definition) is 3. The van der Waals surface area contributed by atoms with Gasteiger partial charge in [-0.2, -0.15) is 25.3 Å². The van der Waals surface area contributed by atoms with Crippen LogP contribution in [-0.4, -0.2) is 62.3 Å². The molecule has 0 fully saturated rings. The van der Waals surface area contributed by atoms with Gasteiger partial charge < -0.3 is 4.90 Å². The lowest BCUT2D eigenvalue weighted by Crippen LogP contribution is -2.23. The maximum Gasteiger partial charge on any atom is 0.295 e. The van der Waals surface area contributed by atoms with Gasteiger partial charge in [0.05, 0.1) is 9.79 Å². The molecular weight excluding hydrogens is 713 g/mol. The minimum Gasteiger partial charge on any atom is -0.367 e. The molecule has 14 heteroatoms. The van der Waals surface area contributed by atoms with Crippen LogP contribution in [0.5, 0.6) is 0 Å². The van der Waals surface area contributed by atoms with Crippen LogP contribution in [0.1, 0.15) is 36.1 Å². The second-order valence-corrected chi connectivity index (χ2v) is 15.9. The molecule has 0 aliphatic heterocycles. The van der Waals surface area contributed by atoms with Crippen molar-refractivity contribution in [1.29, 1.82) is 0 Å². The summed E-state index contributed by atoms with van der Waals surface area (Å²) in [6, 6.07) is 26.0. The van der Waals surface area contributed by atoms with Gasteiger partial charge in [-0.1, -0.05) is 60.7 Å². The maximum absolute atomic E-state index is 12.0. The van der Waals surface area contributed by atoms with E-state index in [9.17, 15) is 38.9 Å². The quantitative estimate of drug-likeness (QED) is 0.114. The molecule has 0 saturated carbocycles. The largest absolute Gasteiger partial charge is 0.367 e. The van der Waals surface area contributed by atoms with Gasteiger partial charge in [0.15, 0.2) is 12.3 Å². The number of nitrogens with zero attached hydrogens (tertiary/aromatic N) is 2. The molecule has 0 unspecified atom stereocenters. The smallest absolute Gasteiger partial charge is 0.295 e. The fourth-order valence-electron chi connectivity index (χ4n) is 5.93. The molecule has 51 heavy (non-hydrogen) atoms. The highest BCUT2D eigenvalue weighted by molar-refractivity contribution is 7.86. The summed E-state index contributed by atoms with van der Waals surface area (Å²) in [4.78, 5) is 1.40. The average Bonchev–Trinajstić information content (AvgIpc) is 3.10. The van der Waals surface area contributed by atoms with E-state index in [0.29, 0.717) is 29.8 Å². The van der Waals surface area contributed by atoms with Crippen molar-refractivity contribution < 1.29 is 43.5 Å². The number of hydrogen-bond acceptors (Lipinski definition) is 7. The Morgan fingerprint density at radius 1 is 0.608 bits per heavy atom. The minimum atomic E-state index is -4.42. The third kappa shape index (κ3) is 8.97. The highest BCUT2D eigenvalue weighted by Crippen LogP contribution is 2.32. The van der Waals surface area contributed by atoms with E-state index in [1.54, 1.807) is 48.5 Å². The van der Waals surface area contributed by atoms with Crippen LogP contribution in [0.15, 0.2) is 142 Å². The van der Waals surface area contributed by atoms with E-state index in [4.69, 9.17) is 0 Å². The molecule has 266 valence electrons. The monoisotopic (exact) mass is 749 g/mol. The third-order valence-electron chi connectivity index (χ3n) is 8.47. The zero-order valence-electron chi connectivity index (χ0n) is 27.8. The molecule has 0 atom stereocenters. The first-order valence-corrected chi connectivity index (χ1v) is 20.2. The summed E-state index contributed by atoms with van der Waals surface area (Å²) in [5.41, 5.74) is 5.49. The van der Waals surface area contributed by atoms with Gasteiger partial charge >= 0.3 is 0 Å². The van der Waals surface area contributed by atoms with Crippen LogP contribution < -0.4 is 4.90 Å². The Morgan fingerprint density at radius 3 is 1.59 bits per heavy atom. The van der Waals surface area contributed by atoms with E-state index in [1.807, 2.05) is 71.9 Å². The average molecular weight is 750 g/mol. The van der Waals surface area contributed by atoms with Gasteiger partial charge in [-0.05, 0) is 90.2 Å². The van der Waals surface area contributed by atoms with Crippen LogP contribution in [-0.2, 0) is 43.4 Å². The Kier molecular flexibility index (Phi) is 11.2. The molecule has 1 aliphatic carbocycles.